The van der Waals surface area contributed by atoms with Crippen LogP contribution in [0, 0.1) is 5.92 Å². The SMILES string of the molecule is CC(N)(c1nc2ncncc2[nH]1)C1CC1. The highest BCUT2D eigenvalue weighted by Crippen LogP contribution is 2.42. The maximum Gasteiger partial charge on any atom is 0.180 e. The minimum absolute atomic E-state index is 0.360. The Hall–Kier alpha value is -1.49. The fraction of sp³-hybridized carbons (Fsp3) is 0.500. The van der Waals surface area contributed by atoms with Crippen molar-refractivity contribution in [1.29, 1.82) is 0 Å². The van der Waals surface area contributed by atoms with Crippen LogP contribution in [0.15, 0.2) is 12.5 Å². The number of fused-ring (bicyclic) bond motifs is 1. The number of nitrogens with zero attached hydrogens (tertiary/aromatic N) is 3. The molecule has 0 amide bonds. The molecule has 0 aromatic carbocycles. The lowest BCUT2D eigenvalue weighted by atomic mass is 9.97. The first-order valence-corrected chi connectivity index (χ1v) is 5.13. The van der Waals surface area contributed by atoms with Crippen LogP contribution in [0.3, 0.4) is 0 Å². The summed E-state index contributed by atoms with van der Waals surface area (Å²) in [6, 6.07) is 0. The number of imidazole rings is 1. The largest absolute Gasteiger partial charge is 0.338 e. The molecular weight excluding hydrogens is 190 g/mol. The maximum absolute atomic E-state index is 6.27. The Morgan fingerprint density at radius 3 is 3.00 bits per heavy atom. The molecule has 0 aliphatic heterocycles. The summed E-state index contributed by atoms with van der Waals surface area (Å²) in [7, 11) is 0. The van der Waals surface area contributed by atoms with E-state index in [1.54, 1.807) is 6.20 Å². The molecule has 0 bridgehead atoms. The van der Waals surface area contributed by atoms with Crippen molar-refractivity contribution in [3.8, 4) is 0 Å². The number of nitrogens with two attached hydrogens (primary N) is 1. The van der Waals surface area contributed by atoms with Gasteiger partial charge in [-0.1, -0.05) is 0 Å². The van der Waals surface area contributed by atoms with E-state index in [-0.39, 0.29) is 5.54 Å². The number of aromatic amines is 1. The van der Waals surface area contributed by atoms with Crippen molar-refractivity contribution in [2.75, 3.05) is 0 Å². The summed E-state index contributed by atoms with van der Waals surface area (Å²) >= 11 is 0. The van der Waals surface area contributed by atoms with Gasteiger partial charge in [-0.25, -0.2) is 15.0 Å². The molecule has 2 aromatic heterocycles. The van der Waals surface area contributed by atoms with Crippen molar-refractivity contribution < 1.29 is 0 Å². The first-order chi connectivity index (χ1) is 7.18. The lowest BCUT2D eigenvalue weighted by molar-refractivity contribution is 0.405. The second-order valence-electron chi connectivity index (χ2n) is 4.40. The van der Waals surface area contributed by atoms with Gasteiger partial charge in [0.05, 0.1) is 11.7 Å². The molecule has 0 spiro atoms. The smallest absolute Gasteiger partial charge is 0.180 e. The molecule has 1 saturated carbocycles. The maximum atomic E-state index is 6.27. The minimum atomic E-state index is -0.360. The number of nitrogens with one attached hydrogen (secondary N) is 1. The first kappa shape index (κ1) is 8.79. The van der Waals surface area contributed by atoms with Crippen LogP contribution in [0.4, 0.5) is 0 Å². The summed E-state index contributed by atoms with van der Waals surface area (Å²) in [6.07, 6.45) is 5.60. The summed E-state index contributed by atoms with van der Waals surface area (Å²) in [5.41, 5.74) is 7.45. The van der Waals surface area contributed by atoms with Crippen LogP contribution in [-0.2, 0) is 5.54 Å². The van der Waals surface area contributed by atoms with E-state index in [9.17, 15) is 0 Å². The zero-order chi connectivity index (χ0) is 10.5. The Morgan fingerprint density at radius 2 is 2.33 bits per heavy atom. The second-order valence-corrected chi connectivity index (χ2v) is 4.40. The van der Waals surface area contributed by atoms with Crippen molar-refractivity contribution in [3.63, 3.8) is 0 Å². The summed E-state index contributed by atoms with van der Waals surface area (Å²) in [5.74, 6) is 1.37. The van der Waals surface area contributed by atoms with Crippen molar-refractivity contribution in [3.05, 3.63) is 18.3 Å². The van der Waals surface area contributed by atoms with Gasteiger partial charge < -0.3 is 10.7 Å². The van der Waals surface area contributed by atoms with Crippen molar-refractivity contribution in [2.24, 2.45) is 11.7 Å². The zero-order valence-corrected chi connectivity index (χ0v) is 8.57. The van der Waals surface area contributed by atoms with Crippen LogP contribution in [0.2, 0.25) is 0 Å². The molecule has 15 heavy (non-hydrogen) atoms. The van der Waals surface area contributed by atoms with E-state index in [2.05, 4.69) is 19.9 Å². The van der Waals surface area contributed by atoms with Gasteiger partial charge in [0.1, 0.15) is 17.7 Å². The molecule has 1 fully saturated rings. The Balaban J connectivity index is 2.11. The third-order valence-corrected chi connectivity index (χ3v) is 3.10. The molecule has 3 rings (SSSR count). The Kier molecular flexibility index (Phi) is 1.62. The zero-order valence-electron chi connectivity index (χ0n) is 8.57. The van der Waals surface area contributed by atoms with Gasteiger partial charge in [-0.05, 0) is 25.7 Å². The number of hydrogen-bond acceptors (Lipinski definition) is 4. The van der Waals surface area contributed by atoms with E-state index in [1.807, 2.05) is 6.92 Å². The van der Waals surface area contributed by atoms with Gasteiger partial charge in [-0.3, -0.25) is 0 Å². The summed E-state index contributed by atoms with van der Waals surface area (Å²) < 4.78 is 0. The predicted molar refractivity (Wildman–Crippen MR) is 55.9 cm³/mol. The van der Waals surface area contributed by atoms with Gasteiger partial charge in [-0.2, -0.15) is 0 Å². The number of aromatic nitrogens is 4. The highest BCUT2D eigenvalue weighted by atomic mass is 15.1. The Labute approximate surface area is 87.1 Å². The Morgan fingerprint density at radius 1 is 1.53 bits per heavy atom. The quantitative estimate of drug-likeness (QED) is 0.761. The van der Waals surface area contributed by atoms with Gasteiger partial charge in [-0.15, -0.1) is 0 Å². The normalized spacial score (nSPS) is 20.4. The lowest BCUT2D eigenvalue weighted by Gasteiger charge is -2.20. The highest BCUT2D eigenvalue weighted by Gasteiger charge is 2.41. The van der Waals surface area contributed by atoms with Crippen LogP contribution < -0.4 is 5.73 Å². The van der Waals surface area contributed by atoms with Crippen molar-refractivity contribution in [2.45, 2.75) is 25.3 Å². The molecule has 2 heterocycles. The van der Waals surface area contributed by atoms with Gasteiger partial charge in [0.2, 0.25) is 0 Å². The van der Waals surface area contributed by atoms with E-state index < -0.39 is 0 Å². The number of rotatable bonds is 2. The minimum Gasteiger partial charge on any atom is -0.338 e. The van der Waals surface area contributed by atoms with Gasteiger partial charge in [0.15, 0.2) is 5.65 Å². The molecule has 0 radical (unpaired) electrons. The predicted octanol–water partition coefficient (Wildman–Crippen LogP) is 0.937. The van der Waals surface area contributed by atoms with E-state index in [1.165, 1.54) is 19.2 Å². The van der Waals surface area contributed by atoms with Gasteiger partial charge in [0, 0.05) is 0 Å². The van der Waals surface area contributed by atoms with Crippen molar-refractivity contribution >= 4 is 11.2 Å². The molecule has 3 N–H and O–H groups in total. The van der Waals surface area contributed by atoms with Crippen molar-refractivity contribution in [1.82, 2.24) is 19.9 Å². The highest BCUT2D eigenvalue weighted by molar-refractivity contribution is 5.69. The molecule has 1 atom stereocenters. The van der Waals surface area contributed by atoms with Gasteiger partial charge in [0.25, 0.3) is 0 Å². The molecule has 1 aliphatic carbocycles. The van der Waals surface area contributed by atoms with Crippen LogP contribution in [0.1, 0.15) is 25.6 Å². The number of hydrogen-bond donors (Lipinski definition) is 2. The first-order valence-electron chi connectivity index (χ1n) is 5.13. The van der Waals surface area contributed by atoms with Gasteiger partial charge >= 0.3 is 0 Å². The molecule has 78 valence electrons. The second kappa shape index (κ2) is 2.76. The summed E-state index contributed by atoms with van der Waals surface area (Å²) in [5, 5.41) is 0. The molecule has 0 saturated heterocycles. The third-order valence-electron chi connectivity index (χ3n) is 3.10. The molecule has 5 nitrogen and oxygen atoms in total. The summed E-state index contributed by atoms with van der Waals surface area (Å²) in [4.78, 5) is 15.6. The summed E-state index contributed by atoms with van der Waals surface area (Å²) in [6.45, 7) is 2.02. The van der Waals surface area contributed by atoms with E-state index >= 15 is 0 Å². The van der Waals surface area contributed by atoms with E-state index in [4.69, 9.17) is 5.73 Å². The average molecular weight is 203 g/mol. The average Bonchev–Trinajstić information content (AvgIpc) is 2.97. The Bertz CT molecular complexity index is 464. The fourth-order valence-electron chi connectivity index (χ4n) is 1.89. The standard InChI is InChI=1S/C10H13N5/c1-10(11,6-2-3-6)9-14-7-4-12-5-13-8(7)15-9/h4-6H,2-3,11H2,1H3,(H,12,13,14,15). The van der Waals surface area contributed by atoms with Crippen LogP contribution in [0.25, 0.3) is 11.2 Å². The fourth-order valence-corrected chi connectivity index (χ4v) is 1.89. The molecule has 1 unspecified atom stereocenters. The topological polar surface area (TPSA) is 80.5 Å². The van der Waals surface area contributed by atoms with E-state index in [0.29, 0.717) is 11.6 Å². The lowest BCUT2D eigenvalue weighted by Crippen LogP contribution is -2.36. The monoisotopic (exact) mass is 203 g/mol. The molecule has 2 aromatic rings. The van der Waals surface area contributed by atoms with Crippen LogP contribution in [0.5, 0.6) is 0 Å². The van der Waals surface area contributed by atoms with E-state index in [0.717, 1.165) is 11.3 Å². The molecule has 5 heteroatoms. The molecule has 1 aliphatic rings. The molecular formula is C10H13N5. The van der Waals surface area contributed by atoms with Crippen LogP contribution in [-0.4, -0.2) is 19.9 Å². The van der Waals surface area contributed by atoms with Crippen LogP contribution >= 0.6 is 0 Å². The number of H-pyrrole nitrogens is 1. The third kappa shape index (κ3) is 1.31.